The largest absolute Gasteiger partial charge is 0.207 e. The van der Waals surface area contributed by atoms with Crippen molar-refractivity contribution < 1.29 is 17.6 Å². The SMILES string of the molecule is CCCc1ccc(CCC2CCc3c(cc(F)c(C4CCC(c5ccc(C#N)c(F)c5F)CC4)c3F)C2)cc1. The molecule has 5 heteroatoms. The standard InChI is InChI=1S/C34H35F4N/c1-2-3-21-4-6-22(7-5-21)8-9-23-10-16-29-27(18-23)19-30(35)31(33(29)37)25-13-11-24(12-14-25)28-17-15-26(20-39)32(36)34(28)38/h4-7,15,17,19,23-25H,2-3,8-14,16,18H2,1H3. The molecule has 0 aromatic heterocycles. The second-order valence-corrected chi connectivity index (χ2v) is 11.4. The van der Waals surface area contributed by atoms with E-state index in [1.165, 1.54) is 23.3 Å². The Morgan fingerprint density at radius 3 is 2.13 bits per heavy atom. The molecule has 0 bridgehead atoms. The maximum atomic E-state index is 15.7. The van der Waals surface area contributed by atoms with Gasteiger partial charge in [-0.25, -0.2) is 17.6 Å². The van der Waals surface area contributed by atoms with E-state index in [0.29, 0.717) is 50.0 Å². The second-order valence-electron chi connectivity index (χ2n) is 11.4. The smallest absolute Gasteiger partial charge is 0.176 e. The van der Waals surface area contributed by atoms with Crippen LogP contribution in [0, 0.1) is 40.5 Å². The Morgan fingerprint density at radius 2 is 1.46 bits per heavy atom. The fourth-order valence-corrected chi connectivity index (χ4v) is 6.75. The molecule has 2 aliphatic rings. The molecule has 3 aromatic rings. The first-order chi connectivity index (χ1) is 18.9. The van der Waals surface area contributed by atoms with Gasteiger partial charge in [0.1, 0.15) is 17.7 Å². The summed E-state index contributed by atoms with van der Waals surface area (Å²) in [5.41, 5.74) is 4.24. The van der Waals surface area contributed by atoms with Crippen molar-refractivity contribution in [3.05, 3.63) is 105 Å². The molecule has 1 atom stereocenters. The average Bonchev–Trinajstić information content (AvgIpc) is 2.94. The molecule has 0 heterocycles. The van der Waals surface area contributed by atoms with Crippen molar-refractivity contribution in [2.24, 2.45) is 5.92 Å². The summed E-state index contributed by atoms with van der Waals surface area (Å²) in [6, 6.07) is 14.8. The van der Waals surface area contributed by atoms with Gasteiger partial charge in [-0.15, -0.1) is 0 Å². The minimum absolute atomic E-state index is 0.171. The van der Waals surface area contributed by atoms with Gasteiger partial charge in [-0.1, -0.05) is 43.7 Å². The Hall–Kier alpha value is -3.13. The van der Waals surface area contributed by atoms with Gasteiger partial charge >= 0.3 is 0 Å². The van der Waals surface area contributed by atoms with Crippen LogP contribution < -0.4 is 0 Å². The lowest BCUT2D eigenvalue weighted by Gasteiger charge is -2.32. The fourth-order valence-electron chi connectivity index (χ4n) is 6.75. The number of hydrogen-bond acceptors (Lipinski definition) is 1. The first-order valence-electron chi connectivity index (χ1n) is 14.3. The summed E-state index contributed by atoms with van der Waals surface area (Å²) in [6.45, 7) is 2.18. The molecule has 3 aromatic carbocycles. The topological polar surface area (TPSA) is 23.8 Å². The maximum absolute atomic E-state index is 15.7. The van der Waals surface area contributed by atoms with Crippen molar-refractivity contribution in [2.75, 3.05) is 0 Å². The van der Waals surface area contributed by atoms with Crippen molar-refractivity contribution in [3.63, 3.8) is 0 Å². The molecule has 5 rings (SSSR count). The van der Waals surface area contributed by atoms with E-state index in [1.54, 1.807) is 12.1 Å². The van der Waals surface area contributed by atoms with Crippen molar-refractivity contribution >= 4 is 0 Å². The Bertz CT molecular complexity index is 1360. The van der Waals surface area contributed by atoms with E-state index in [-0.39, 0.29) is 28.5 Å². The van der Waals surface area contributed by atoms with Gasteiger partial charge in [0, 0.05) is 5.56 Å². The van der Waals surface area contributed by atoms with E-state index in [0.717, 1.165) is 37.7 Å². The summed E-state index contributed by atoms with van der Waals surface area (Å²) in [6.07, 6.45) is 8.50. The van der Waals surface area contributed by atoms with E-state index < -0.39 is 23.3 Å². The highest BCUT2D eigenvalue weighted by Gasteiger charge is 2.32. The first-order valence-corrected chi connectivity index (χ1v) is 14.3. The Kier molecular flexibility index (Phi) is 8.40. The quantitative estimate of drug-likeness (QED) is 0.278. The zero-order valence-electron chi connectivity index (χ0n) is 22.5. The Balaban J connectivity index is 1.23. The van der Waals surface area contributed by atoms with Gasteiger partial charge in [-0.3, -0.25) is 0 Å². The molecule has 204 valence electrons. The summed E-state index contributed by atoms with van der Waals surface area (Å²) in [5, 5.41) is 8.93. The summed E-state index contributed by atoms with van der Waals surface area (Å²) in [5.74, 6) is -3.05. The molecule has 39 heavy (non-hydrogen) atoms. The van der Waals surface area contributed by atoms with E-state index in [4.69, 9.17) is 5.26 Å². The van der Waals surface area contributed by atoms with Crippen LogP contribution in [0.25, 0.3) is 0 Å². The number of rotatable bonds is 7. The van der Waals surface area contributed by atoms with Crippen LogP contribution in [0.1, 0.15) is 103 Å². The van der Waals surface area contributed by atoms with Crippen LogP contribution in [0.3, 0.4) is 0 Å². The molecule has 0 aliphatic heterocycles. The van der Waals surface area contributed by atoms with Crippen LogP contribution in [0.5, 0.6) is 0 Å². The molecular formula is C34H35F4N. The normalized spacial score (nSPS) is 20.9. The molecule has 2 aliphatic carbocycles. The molecule has 0 spiro atoms. The molecule has 0 saturated heterocycles. The summed E-state index contributed by atoms with van der Waals surface area (Å²) in [4.78, 5) is 0. The lowest BCUT2D eigenvalue weighted by molar-refractivity contribution is 0.360. The second kappa shape index (κ2) is 11.9. The number of hydrogen-bond donors (Lipinski definition) is 0. The highest BCUT2D eigenvalue weighted by Crippen LogP contribution is 2.44. The van der Waals surface area contributed by atoms with Crippen LogP contribution in [-0.4, -0.2) is 0 Å². The lowest BCUT2D eigenvalue weighted by atomic mass is 9.74. The summed E-state index contributed by atoms with van der Waals surface area (Å²) < 4.78 is 59.7. The lowest BCUT2D eigenvalue weighted by Crippen LogP contribution is -2.21. The van der Waals surface area contributed by atoms with Gasteiger partial charge in [-0.05, 0) is 122 Å². The molecule has 1 nitrogen and oxygen atoms in total. The predicted molar refractivity (Wildman–Crippen MR) is 146 cm³/mol. The minimum Gasteiger partial charge on any atom is -0.207 e. The van der Waals surface area contributed by atoms with Crippen molar-refractivity contribution in [1.82, 2.24) is 0 Å². The van der Waals surface area contributed by atoms with Crippen LogP contribution in [0.15, 0.2) is 42.5 Å². The van der Waals surface area contributed by atoms with Gasteiger partial charge in [-0.2, -0.15) is 5.26 Å². The maximum Gasteiger partial charge on any atom is 0.176 e. The zero-order chi connectivity index (χ0) is 27.5. The van der Waals surface area contributed by atoms with Crippen LogP contribution in [0.4, 0.5) is 17.6 Å². The van der Waals surface area contributed by atoms with E-state index in [1.807, 2.05) is 0 Å². The third kappa shape index (κ3) is 5.76. The van der Waals surface area contributed by atoms with Crippen LogP contribution >= 0.6 is 0 Å². The van der Waals surface area contributed by atoms with Gasteiger partial charge in [0.25, 0.3) is 0 Å². The summed E-state index contributed by atoms with van der Waals surface area (Å²) >= 11 is 0. The van der Waals surface area contributed by atoms with Crippen molar-refractivity contribution in [3.8, 4) is 6.07 Å². The van der Waals surface area contributed by atoms with Gasteiger partial charge in [0.2, 0.25) is 0 Å². The molecular weight excluding hydrogens is 498 g/mol. The Morgan fingerprint density at radius 1 is 0.795 bits per heavy atom. The van der Waals surface area contributed by atoms with Gasteiger partial charge in [0.05, 0.1) is 5.56 Å². The van der Waals surface area contributed by atoms with Crippen molar-refractivity contribution in [1.29, 1.82) is 5.26 Å². The summed E-state index contributed by atoms with van der Waals surface area (Å²) in [7, 11) is 0. The highest BCUT2D eigenvalue weighted by molar-refractivity contribution is 5.40. The number of fused-ring (bicyclic) bond motifs is 1. The van der Waals surface area contributed by atoms with Gasteiger partial charge in [0.15, 0.2) is 11.6 Å². The monoisotopic (exact) mass is 533 g/mol. The average molecular weight is 534 g/mol. The number of nitrogens with zero attached hydrogens (tertiary/aromatic N) is 1. The Labute approximate surface area is 228 Å². The number of aryl methyl sites for hydroxylation is 2. The van der Waals surface area contributed by atoms with Crippen LogP contribution in [-0.2, 0) is 25.7 Å². The third-order valence-electron chi connectivity index (χ3n) is 8.97. The van der Waals surface area contributed by atoms with E-state index in [9.17, 15) is 8.78 Å². The van der Waals surface area contributed by atoms with Gasteiger partial charge < -0.3 is 0 Å². The number of halogens is 4. The van der Waals surface area contributed by atoms with E-state index >= 15 is 8.78 Å². The van der Waals surface area contributed by atoms with Crippen molar-refractivity contribution in [2.45, 2.75) is 89.4 Å². The molecule has 1 unspecified atom stereocenters. The molecule has 0 amide bonds. The minimum atomic E-state index is -1.12. The molecule has 1 fully saturated rings. The molecule has 0 radical (unpaired) electrons. The molecule has 0 N–H and O–H groups in total. The number of benzene rings is 3. The zero-order valence-corrected chi connectivity index (χ0v) is 22.5. The van der Waals surface area contributed by atoms with E-state index in [2.05, 4.69) is 31.2 Å². The fraction of sp³-hybridized carbons (Fsp3) is 0.441. The van der Waals surface area contributed by atoms with Crippen LogP contribution in [0.2, 0.25) is 0 Å². The highest BCUT2D eigenvalue weighted by atomic mass is 19.2. The number of nitriles is 1. The predicted octanol–water partition coefficient (Wildman–Crippen LogP) is 9.25. The third-order valence-corrected chi connectivity index (χ3v) is 8.97. The molecule has 1 saturated carbocycles. The first kappa shape index (κ1) is 27.4.